The van der Waals surface area contributed by atoms with Crippen molar-refractivity contribution in [1.29, 1.82) is 0 Å². The molecular weight excluding hydrogens is 322 g/mol. The number of amides is 2. The molecule has 5 nitrogen and oxygen atoms in total. The predicted octanol–water partition coefficient (Wildman–Crippen LogP) is 3.93. The Morgan fingerprint density at radius 2 is 1.83 bits per heavy atom. The van der Waals surface area contributed by atoms with Gasteiger partial charge in [0.2, 0.25) is 11.8 Å². The lowest BCUT2D eigenvalue weighted by atomic mass is 9.88. The molecule has 0 radical (unpaired) electrons. The van der Waals surface area contributed by atoms with Crippen molar-refractivity contribution in [3.63, 3.8) is 0 Å². The van der Waals surface area contributed by atoms with Gasteiger partial charge in [0.1, 0.15) is 6.04 Å². The van der Waals surface area contributed by atoms with Gasteiger partial charge >= 0.3 is 0 Å². The smallest absolute Gasteiger partial charge is 0.248 e. The Hall–Kier alpha value is -1.43. The van der Waals surface area contributed by atoms with Crippen molar-refractivity contribution in [1.82, 2.24) is 10.3 Å². The van der Waals surface area contributed by atoms with Gasteiger partial charge in [0.15, 0.2) is 5.13 Å². The molecular formula is C18H29N3O2S. The zero-order valence-corrected chi connectivity index (χ0v) is 15.9. The highest BCUT2D eigenvalue weighted by atomic mass is 32.1. The fraction of sp³-hybridized carbons (Fsp3) is 0.722. The molecule has 0 bridgehead atoms. The fourth-order valence-corrected chi connectivity index (χ4v) is 3.84. The largest absolute Gasteiger partial charge is 0.344 e. The first-order valence-corrected chi connectivity index (χ1v) is 9.83. The van der Waals surface area contributed by atoms with Crippen LogP contribution in [0.5, 0.6) is 0 Å². The highest BCUT2D eigenvalue weighted by Gasteiger charge is 2.29. The van der Waals surface area contributed by atoms with Crippen molar-refractivity contribution in [2.24, 2.45) is 11.8 Å². The maximum Gasteiger partial charge on any atom is 0.248 e. The van der Waals surface area contributed by atoms with E-state index in [1.54, 1.807) is 0 Å². The number of thiazole rings is 1. The highest BCUT2D eigenvalue weighted by Crippen LogP contribution is 2.25. The third-order valence-electron chi connectivity index (χ3n) is 4.57. The van der Waals surface area contributed by atoms with Crippen LogP contribution in [0.3, 0.4) is 0 Å². The summed E-state index contributed by atoms with van der Waals surface area (Å²) < 4.78 is 0. The molecule has 1 fully saturated rings. The van der Waals surface area contributed by atoms with Crippen LogP contribution in [0, 0.1) is 11.8 Å². The summed E-state index contributed by atoms with van der Waals surface area (Å²) >= 11 is 1.43. The number of nitrogens with one attached hydrogen (secondary N) is 2. The van der Waals surface area contributed by atoms with Crippen LogP contribution in [0.25, 0.3) is 0 Å². The summed E-state index contributed by atoms with van der Waals surface area (Å²) in [6.45, 7) is 8.05. The van der Waals surface area contributed by atoms with E-state index >= 15 is 0 Å². The van der Waals surface area contributed by atoms with Crippen LogP contribution in [0.15, 0.2) is 5.38 Å². The van der Waals surface area contributed by atoms with Crippen molar-refractivity contribution < 1.29 is 9.59 Å². The molecule has 2 rings (SSSR count). The Bertz CT molecular complexity index is 562. The van der Waals surface area contributed by atoms with Gasteiger partial charge in [-0.05, 0) is 24.7 Å². The van der Waals surface area contributed by atoms with Crippen molar-refractivity contribution >= 4 is 28.3 Å². The van der Waals surface area contributed by atoms with Crippen molar-refractivity contribution in [3.8, 4) is 0 Å². The lowest BCUT2D eigenvalue weighted by Crippen LogP contribution is -2.49. The van der Waals surface area contributed by atoms with Crippen LogP contribution in [-0.4, -0.2) is 22.8 Å². The van der Waals surface area contributed by atoms with Crippen molar-refractivity contribution in [3.05, 3.63) is 11.1 Å². The Balaban J connectivity index is 1.97. The third-order valence-corrected chi connectivity index (χ3v) is 5.34. The van der Waals surface area contributed by atoms with Gasteiger partial charge in [-0.1, -0.05) is 47.0 Å². The molecule has 1 aliphatic carbocycles. The molecule has 2 amide bonds. The maximum atomic E-state index is 12.6. The van der Waals surface area contributed by atoms with Crippen LogP contribution in [-0.2, 0) is 9.59 Å². The van der Waals surface area contributed by atoms with Gasteiger partial charge in [-0.25, -0.2) is 4.98 Å². The van der Waals surface area contributed by atoms with E-state index in [0.29, 0.717) is 11.0 Å². The second-order valence-corrected chi connectivity index (χ2v) is 8.14. The minimum Gasteiger partial charge on any atom is -0.344 e. The number of carbonyl (C=O) groups is 2. The quantitative estimate of drug-likeness (QED) is 0.816. The summed E-state index contributed by atoms with van der Waals surface area (Å²) in [5.74, 6) is 0.255. The topological polar surface area (TPSA) is 71.1 Å². The molecule has 1 aromatic heterocycles. The maximum absolute atomic E-state index is 12.6. The molecule has 134 valence electrons. The van der Waals surface area contributed by atoms with E-state index in [1.807, 2.05) is 19.2 Å². The molecule has 1 heterocycles. The summed E-state index contributed by atoms with van der Waals surface area (Å²) in [7, 11) is 0. The number of carbonyl (C=O) groups excluding carboxylic acids is 2. The first-order chi connectivity index (χ1) is 11.4. The number of aromatic nitrogens is 1. The summed E-state index contributed by atoms with van der Waals surface area (Å²) in [5.41, 5.74) is 0.975. The van der Waals surface area contributed by atoms with Crippen LogP contribution in [0.1, 0.15) is 71.4 Å². The number of anilines is 1. The minimum atomic E-state index is -0.522. The molecule has 0 saturated heterocycles. The van der Waals surface area contributed by atoms with E-state index in [-0.39, 0.29) is 23.7 Å². The standard InChI is InChI=1S/C18H29N3O2S/c1-11(2)14-10-24-18(19-14)21-17(23)15(12(3)4)20-16(22)13-8-6-5-7-9-13/h10-13,15H,5-9H2,1-4H3,(H,20,22)(H,19,21,23). The number of rotatable bonds is 6. The average molecular weight is 352 g/mol. The molecule has 1 unspecified atom stereocenters. The molecule has 0 spiro atoms. The highest BCUT2D eigenvalue weighted by molar-refractivity contribution is 7.13. The van der Waals surface area contributed by atoms with Gasteiger partial charge in [-0.15, -0.1) is 11.3 Å². The lowest BCUT2D eigenvalue weighted by Gasteiger charge is -2.26. The predicted molar refractivity (Wildman–Crippen MR) is 98.2 cm³/mol. The van der Waals surface area contributed by atoms with E-state index in [0.717, 1.165) is 31.4 Å². The van der Waals surface area contributed by atoms with Gasteiger partial charge < -0.3 is 10.6 Å². The van der Waals surface area contributed by atoms with Gasteiger partial charge in [0.05, 0.1) is 5.69 Å². The first kappa shape index (κ1) is 18.9. The van der Waals surface area contributed by atoms with Gasteiger partial charge in [0.25, 0.3) is 0 Å². The number of hydrogen-bond acceptors (Lipinski definition) is 4. The zero-order valence-electron chi connectivity index (χ0n) is 15.1. The normalized spacial score (nSPS) is 17.1. The summed E-state index contributed by atoms with van der Waals surface area (Å²) in [4.78, 5) is 29.5. The second-order valence-electron chi connectivity index (χ2n) is 7.29. The molecule has 1 atom stereocenters. The van der Waals surface area contributed by atoms with Gasteiger partial charge in [-0.3, -0.25) is 9.59 Å². The van der Waals surface area contributed by atoms with E-state index < -0.39 is 6.04 Å². The summed E-state index contributed by atoms with van der Waals surface area (Å²) in [6, 6.07) is -0.522. The van der Waals surface area contributed by atoms with E-state index in [1.165, 1.54) is 17.8 Å². The SMILES string of the molecule is CC(C)c1csc(NC(=O)C(NC(=O)C2CCCCC2)C(C)C)n1. The molecule has 0 aromatic carbocycles. The molecule has 2 N–H and O–H groups in total. The molecule has 0 aliphatic heterocycles. The van der Waals surface area contributed by atoms with E-state index in [2.05, 4.69) is 29.5 Å². The molecule has 1 aliphatic rings. The first-order valence-electron chi connectivity index (χ1n) is 8.95. The third kappa shape index (κ3) is 5.03. The average Bonchev–Trinajstić information content (AvgIpc) is 3.01. The van der Waals surface area contributed by atoms with Crippen LogP contribution in [0.4, 0.5) is 5.13 Å². The Kier molecular flexibility index (Phi) is 6.78. The summed E-state index contributed by atoms with van der Waals surface area (Å²) in [5, 5.41) is 8.38. The Morgan fingerprint density at radius 1 is 1.17 bits per heavy atom. The van der Waals surface area contributed by atoms with Crippen LogP contribution in [0.2, 0.25) is 0 Å². The van der Waals surface area contributed by atoms with E-state index in [9.17, 15) is 9.59 Å². The van der Waals surface area contributed by atoms with Gasteiger partial charge in [-0.2, -0.15) is 0 Å². The molecule has 6 heteroatoms. The molecule has 1 saturated carbocycles. The molecule has 1 aromatic rings. The minimum absolute atomic E-state index is 0.0190. The number of hydrogen-bond donors (Lipinski definition) is 2. The summed E-state index contributed by atoms with van der Waals surface area (Å²) in [6.07, 6.45) is 5.28. The van der Waals surface area contributed by atoms with E-state index in [4.69, 9.17) is 0 Å². The molecule has 24 heavy (non-hydrogen) atoms. The van der Waals surface area contributed by atoms with Crippen LogP contribution >= 0.6 is 11.3 Å². The Labute approximate surface area is 148 Å². The van der Waals surface area contributed by atoms with Crippen molar-refractivity contribution in [2.45, 2.75) is 71.8 Å². The van der Waals surface area contributed by atoms with Crippen LogP contribution < -0.4 is 10.6 Å². The van der Waals surface area contributed by atoms with Gasteiger partial charge in [0, 0.05) is 11.3 Å². The fourth-order valence-electron chi connectivity index (χ4n) is 2.96. The zero-order chi connectivity index (χ0) is 17.7. The monoisotopic (exact) mass is 351 g/mol. The van der Waals surface area contributed by atoms with Crippen molar-refractivity contribution in [2.75, 3.05) is 5.32 Å². The Morgan fingerprint density at radius 3 is 2.38 bits per heavy atom. The second kappa shape index (κ2) is 8.60. The number of nitrogens with zero attached hydrogens (tertiary/aromatic N) is 1. The lowest BCUT2D eigenvalue weighted by molar-refractivity contribution is -0.130.